The largest absolute Gasteiger partial charge is 0.376 e. The average molecular weight is 356 g/mol. The number of amides is 1. The lowest BCUT2D eigenvalue weighted by molar-refractivity contribution is -0.186. The van der Waals surface area contributed by atoms with Crippen molar-refractivity contribution in [3.8, 4) is 0 Å². The molecule has 1 N–H and O–H groups in total. The molecule has 1 heterocycles. The van der Waals surface area contributed by atoms with Crippen LogP contribution >= 0.6 is 11.3 Å². The molecule has 3 nitrogen and oxygen atoms in total. The van der Waals surface area contributed by atoms with Crippen LogP contribution in [0.4, 0.5) is 0 Å². The van der Waals surface area contributed by atoms with E-state index in [1.165, 1.54) is 36.8 Å². The van der Waals surface area contributed by atoms with Crippen LogP contribution < -0.4 is 5.32 Å². The Bertz CT molecular complexity index is 750. The summed E-state index contributed by atoms with van der Waals surface area (Å²) in [5, 5.41) is 4.37. The van der Waals surface area contributed by atoms with Gasteiger partial charge < -0.3 is 10.1 Å². The number of carbonyl (C=O) groups is 1. The number of thiophene rings is 1. The highest BCUT2D eigenvalue weighted by molar-refractivity contribution is 7.20. The number of hydrogen-bond acceptors (Lipinski definition) is 3. The van der Waals surface area contributed by atoms with Gasteiger partial charge in [0.1, 0.15) is 0 Å². The van der Waals surface area contributed by atoms with Crippen LogP contribution in [0.15, 0.2) is 30.3 Å². The monoisotopic (exact) mass is 355 g/mol. The summed E-state index contributed by atoms with van der Waals surface area (Å²) < 4.78 is 7.32. The molecule has 0 unspecified atom stereocenters. The second kappa shape index (κ2) is 5.82. The third-order valence-electron chi connectivity index (χ3n) is 7.07. The van der Waals surface area contributed by atoms with Crippen LogP contribution in [-0.4, -0.2) is 25.2 Å². The smallest absolute Gasteiger partial charge is 0.261 e. The van der Waals surface area contributed by atoms with Gasteiger partial charge in [-0.25, -0.2) is 0 Å². The number of carbonyl (C=O) groups excluding carboxylic acids is 1. The Morgan fingerprint density at radius 2 is 1.84 bits per heavy atom. The zero-order chi connectivity index (χ0) is 17.0. The maximum absolute atomic E-state index is 12.8. The van der Waals surface area contributed by atoms with Crippen molar-refractivity contribution in [3.63, 3.8) is 0 Å². The molecule has 6 rings (SSSR count). The number of methoxy groups -OCH3 is 1. The molecule has 4 saturated carbocycles. The van der Waals surface area contributed by atoms with Crippen LogP contribution in [0.1, 0.15) is 41.8 Å². The maximum Gasteiger partial charge on any atom is 0.261 e. The minimum atomic E-state index is -0.139. The van der Waals surface area contributed by atoms with E-state index in [0.717, 1.165) is 22.1 Å². The Morgan fingerprint density at radius 3 is 2.48 bits per heavy atom. The summed E-state index contributed by atoms with van der Waals surface area (Å²) in [7, 11) is 1.86. The van der Waals surface area contributed by atoms with Crippen LogP contribution in [0.3, 0.4) is 0 Å². The molecular weight excluding hydrogens is 330 g/mol. The first-order chi connectivity index (χ1) is 12.2. The van der Waals surface area contributed by atoms with Crippen molar-refractivity contribution in [2.45, 2.75) is 37.7 Å². The quantitative estimate of drug-likeness (QED) is 0.878. The Balaban J connectivity index is 1.35. The molecule has 4 fully saturated rings. The summed E-state index contributed by atoms with van der Waals surface area (Å²) in [6.45, 7) is 0.658. The van der Waals surface area contributed by atoms with E-state index in [0.29, 0.717) is 18.4 Å². The summed E-state index contributed by atoms with van der Waals surface area (Å²) in [6, 6.07) is 10.2. The minimum absolute atomic E-state index is 0.0476. The van der Waals surface area contributed by atoms with Crippen LogP contribution in [0.25, 0.3) is 10.1 Å². The normalized spacial score (nSPS) is 36.0. The number of rotatable bonds is 4. The molecule has 132 valence electrons. The fourth-order valence-corrected chi connectivity index (χ4v) is 7.05. The molecule has 0 spiro atoms. The van der Waals surface area contributed by atoms with E-state index in [1.54, 1.807) is 11.3 Å². The van der Waals surface area contributed by atoms with Gasteiger partial charge in [-0.3, -0.25) is 4.79 Å². The topological polar surface area (TPSA) is 38.3 Å². The summed E-state index contributed by atoms with van der Waals surface area (Å²) in [6.07, 6.45) is 6.60. The zero-order valence-electron chi connectivity index (χ0n) is 14.7. The molecule has 0 saturated heterocycles. The Labute approximate surface area is 152 Å². The number of ether oxygens (including phenoxy) is 1. The summed E-state index contributed by atoms with van der Waals surface area (Å²) in [4.78, 5) is 13.6. The lowest BCUT2D eigenvalue weighted by atomic mass is 9.49. The molecule has 0 aliphatic heterocycles. The van der Waals surface area contributed by atoms with Gasteiger partial charge in [-0.15, -0.1) is 11.3 Å². The van der Waals surface area contributed by atoms with E-state index in [1.807, 2.05) is 25.3 Å². The van der Waals surface area contributed by atoms with Gasteiger partial charge in [0, 0.05) is 18.4 Å². The van der Waals surface area contributed by atoms with Crippen LogP contribution in [-0.2, 0) is 4.74 Å². The molecule has 1 aromatic carbocycles. The number of nitrogens with one attached hydrogen (secondary N) is 1. The number of benzene rings is 1. The van der Waals surface area contributed by atoms with Crippen molar-refractivity contribution in [2.75, 3.05) is 13.7 Å². The van der Waals surface area contributed by atoms with Gasteiger partial charge in [0.15, 0.2) is 0 Å². The van der Waals surface area contributed by atoms with E-state index in [9.17, 15) is 4.79 Å². The molecule has 2 aromatic rings. The number of hydrogen-bond donors (Lipinski definition) is 1. The molecule has 1 aromatic heterocycles. The van der Waals surface area contributed by atoms with Crippen molar-refractivity contribution >= 4 is 27.3 Å². The van der Waals surface area contributed by atoms with Gasteiger partial charge in [0.05, 0.1) is 10.5 Å². The first-order valence-electron chi connectivity index (χ1n) is 9.50. The van der Waals surface area contributed by atoms with Crippen LogP contribution in [0.2, 0.25) is 0 Å². The third-order valence-corrected chi connectivity index (χ3v) is 8.19. The SMILES string of the molecule is COC1(CNC(=O)c2cc3ccccc3s2)C2CC3CC(C2)CC1C3. The molecule has 4 heteroatoms. The van der Waals surface area contributed by atoms with Gasteiger partial charge >= 0.3 is 0 Å². The van der Waals surface area contributed by atoms with Gasteiger partial charge in [-0.2, -0.15) is 0 Å². The molecule has 4 aliphatic rings. The van der Waals surface area contributed by atoms with E-state index in [-0.39, 0.29) is 11.5 Å². The van der Waals surface area contributed by atoms with Crippen molar-refractivity contribution < 1.29 is 9.53 Å². The molecule has 0 atom stereocenters. The van der Waals surface area contributed by atoms with Crippen molar-refractivity contribution in [2.24, 2.45) is 23.7 Å². The molecule has 4 aliphatic carbocycles. The third kappa shape index (κ3) is 2.45. The Hall–Kier alpha value is -1.39. The Kier molecular flexibility index (Phi) is 3.68. The zero-order valence-corrected chi connectivity index (χ0v) is 15.5. The van der Waals surface area contributed by atoms with E-state index in [4.69, 9.17) is 4.74 Å². The lowest BCUT2D eigenvalue weighted by Crippen LogP contribution is -2.63. The van der Waals surface area contributed by atoms with Crippen LogP contribution in [0, 0.1) is 23.7 Å². The van der Waals surface area contributed by atoms with Gasteiger partial charge in [0.25, 0.3) is 5.91 Å². The van der Waals surface area contributed by atoms with Crippen molar-refractivity contribution in [1.82, 2.24) is 5.32 Å². The Morgan fingerprint density at radius 1 is 1.16 bits per heavy atom. The highest BCUT2D eigenvalue weighted by atomic mass is 32.1. The molecular formula is C21H25NO2S. The van der Waals surface area contributed by atoms with Gasteiger partial charge in [-0.1, -0.05) is 18.2 Å². The second-order valence-electron chi connectivity index (χ2n) is 8.29. The molecule has 25 heavy (non-hydrogen) atoms. The standard InChI is InChI=1S/C21H25NO2S/c1-24-21(16-7-13-6-14(9-16)10-17(21)8-13)12-22-20(23)19-11-15-4-2-3-5-18(15)25-19/h2-5,11,13-14,16-17H,6-10,12H2,1H3,(H,22,23). The lowest BCUT2D eigenvalue weighted by Gasteiger charge is -2.60. The van der Waals surface area contributed by atoms with Gasteiger partial charge in [0.2, 0.25) is 0 Å². The summed E-state index contributed by atoms with van der Waals surface area (Å²) in [5.74, 6) is 3.10. The van der Waals surface area contributed by atoms with Crippen LogP contribution in [0.5, 0.6) is 0 Å². The number of fused-ring (bicyclic) bond motifs is 1. The van der Waals surface area contributed by atoms with E-state index < -0.39 is 0 Å². The first-order valence-corrected chi connectivity index (χ1v) is 10.3. The molecule has 1 amide bonds. The summed E-state index contributed by atoms with van der Waals surface area (Å²) in [5.41, 5.74) is -0.139. The highest BCUT2D eigenvalue weighted by Gasteiger charge is 2.57. The summed E-state index contributed by atoms with van der Waals surface area (Å²) >= 11 is 1.57. The maximum atomic E-state index is 12.8. The average Bonchev–Trinajstić information content (AvgIpc) is 3.05. The second-order valence-corrected chi connectivity index (χ2v) is 9.38. The van der Waals surface area contributed by atoms with Crippen molar-refractivity contribution in [1.29, 1.82) is 0 Å². The highest BCUT2D eigenvalue weighted by Crippen LogP contribution is 2.59. The predicted molar refractivity (Wildman–Crippen MR) is 101 cm³/mol. The first kappa shape index (κ1) is 15.8. The fraction of sp³-hybridized carbons (Fsp3) is 0.571. The molecule has 4 bridgehead atoms. The minimum Gasteiger partial charge on any atom is -0.376 e. The fourth-order valence-electron chi connectivity index (χ4n) is 6.08. The molecule has 0 radical (unpaired) electrons. The van der Waals surface area contributed by atoms with Crippen molar-refractivity contribution in [3.05, 3.63) is 35.2 Å². The predicted octanol–water partition coefficient (Wildman–Crippen LogP) is 4.47. The van der Waals surface area contributed by atoms with E-state index >= 15 is 0 Å². The van der Waals surface area contributed by atoms with E-state index in [2.05, 4.69) is 17.4 Å². The van der Waals surface area contributed by atoms with Gasteiger partial charge in [-0.05, 0) is 73.3 Å².